The van der Waals surface area contributed by atoms with Crippen molar-refractivity contribution in [2.24, 2.45) is 0 Å². The Morgan fingerprint density at radius 1 is 1.43 bits per heavy atom. The second kappa shape index (κ2) is 6.45. The van der Waals surface area contributed by atoms with Crippen molar-refractivity contribution in [3.05, 3.63) is 34.0 Å². The van der Waals surface area contributed by atoms with Gasteiger partial charge in [-0.2, -0.15) is 5.10 Å². The van der Waals surface area contributed by atoms with E-state index in [1.165, 1.54) is 18.2 Å². The van der Waals surface area contributed by atoms with E-state index in [2.05, 4.69) is 15.5 Å². The average molecular weight is 338 g/mol. The summed E-state index contributed by atoms with van der Waals surface area (Å²) in [5.41, 5.74) is 0.519. The first kappa shape index (κ1) is 17.1. The van der Waals surface area contributed by atoms with E-state index in [1.807, 2.05) is 20.8 Å². The Labute approximate surface area is 135 Å². The van der Waals surface area contributed by atoms with E-state index >= 15 is 0 Å². The molecule has 0 aliphatic rings. The van der Waals surface area contributed by atoms with Crippen LogP contribution in [0.3, 0.4) is 0 Å². The molecule has 0 aliphatic carbocycles. The molecule has 0 unspecified atom stereocenters. The number of amides is 1. The maximum absolute atomic E-state index is 12.2. The Bertz CT molecular complexity index is 779. The van der Waals surface area contributed by atoms with Gasteiger partial charge in [0.15, 0.2) is 5.69 Å². The number of H-pyrrole nitrogens is 1. The molecule has 1 aromatic heterocycles. The first-order chi connectivity index (χ1) is 10.7. The van der Waals surface area contributed by atoms with Gasteiger partial charge in [-0.25, -0.2) is 0 Å². The highest BCUT2D eigenvalue weighted by atomic mass is 32.2. The van der Waals surface area contributed by atoms with Crippen LogP contribution in [0.1, 0.15) is 31.3 Å². The number of rotatable bonds is 5. The smallest absolute Gasteiger partial charge is 0.272 e. The van der Waals surface area contributed by atoms with Crippen molar-refractivity contribution in [1.82, 2.24) is 15.5 Å². The number of benzene rings is 1. The van der Waals surface area contributed by atoms with E-state index in [-0.39, 0.29) is 22.7 Å². The zero-order chi connectivity index (χ0) is 17.2. The van der Waals surface area contributed by atoms with Crippen LogP contribution in [0.5, 0.6) is 0 Å². The average Bonchev–Trinajstić information content (AvgIpc) is 2.88. The summed E-state index contributed by atoms with van der Waals surface area (Å²) in [5, 5.41) is 20.4. The van der Waals surface area contributed by atoms with Crippen LogP contribution < -0.4 is 5.32 Å². The van der Waals surface area contributed by atoms with E-state index in [9.17, 15) is 19.1 Å². The van der Waals surface area contributed by atoms with Gasteiger partial charge in [0.2, 0.25) is 0 Å². The molecule has 1 heterocycles. The van der Waals surface area contributed by atoms with Gasteiger partial charge < -0.3 is 5.32 Å². The van der Waals surface area contributed by atoms with Gasteiger partial charge in [-0.1, -0.05) is 0 Å². The van der Waals surface area contributed by atoms with E-state index in [4.69, 9.17) is 0 Å². The van der Waals surface area contributed by atoms with Crippen LogP contribution in [0.4, 0.5) is 5.69 Å². The standard InChI is InChI=1S/C14H18N4O4S/c1-14(2,3)23(22)7-6-15-13(19)12-10-8-9(18(20)21)4-5-11(10)16-17-12/h4-5,8H,6-7H2,1-3H3,(H,15,19)(H,16,17)/t23-/m1/s1. The number of nitro benzene ring substituents is 1. The first-order valence-electron chi connectivity index (χ1n) is 6.99. The summed E-state index contributed by atoms with van der Waals surface area (Å²) >= 11 is 0. The number of hydrogen-bond acceptors (Lipinski definition) is 5. The molecule has 2 N–H and O–H groups in total. The van der Waals surface area contributed by atoms with Crippen LogP contribution in [-0.2, 0) is 10.8 Å². The van der Waals surface area contributed by atoms with Gasteiger partial charge in [0, 0.05) is 45.4 Å². The minimum absolute atomic E-state index is 0.0882. The number of aromatic nitrogens is 2. The molecule has 9 heteroatoms. The van der Waals surface area contributed by atoms with Gasteiger partial charge in [0.05, 0.1) is 10.4 Å². The fraction of sp³-hybridized carbons (Fsp3) is 0.429. The summed E-state index contributed by atoms with van der Waals surface area (Å²) in [5.74, 6) is -0.125. The third-order valence-corrected chi connectivity index (χ3v) is 5.17. The molecule has 0 spiro atoms. The fourth-order valence-corrected chi connectivity index (χ4v) is 2.84. The lowest BCUT2D eigenvalue weighted by molar-refractivity contribution is -0.384. The molecule has 1 aromatic carbocycles. The number of non-ortho nitro benzene ring substituents is 1. The number of fused-ring (bicyclic) bond motifs is 1. The summed E-state index contributed by atoms with van der Waals surface area (Å²) < 4.78 is 11.6. The molecule has 2 aromatic rings. The third-order valence-electron chi connectivity index (χ3n) is 3.23. The number of nitrogens with one attached hydrogen (secondary N) is 2. The van der Waals surface area contributed by atoms with Crippen LogP contribution in [0, 0.1) is 10.1 Å². The normalized spacial score (nSPS) is 13.0. The SMILES string of the molecule is CC(C)(C)[S@](=O)CCNC(=O)c1n[nH]c2ccc([N+](=O)[O-])cc12. The number of carbonyl (C=O) groups is 1. The van der Waals surface area contributed by atoms with Crippen LogP contribution in [0.2, 0.25) is 0 Å². The molecule has 8 nitrogen and oxygen atoms in total. The van der Waals surface area contributed by atoms with Crippen LogP contribution in [0.15, 0.2) is 18.2 Å². The van der Waals surface area contributed by atoms with E-state index in [1.54, 1.807) is 0 Å². The summed E-state index contributed by atoms with van der Waals surface area (Å²) in [7, 11) is -1.07. The molecular formula is C14H18N4O4S. The second-order valence-corrected chi connectivity index (χ2v) is 8.30. The van der Waals surface area contributed by atoms with Gasteiger partial charge in [-0.05, 0) is 26.8 Å². The highest BCUT2D eigenvalue weighted by Gasteiger charge is 2.20. The molecule has 0 fully saturated rings. The summed E-state index contributed by atoms with van der Waals surface area (Å²) in [6, 6.07) is 4.15. The lowest BCUT2D eigenvalue weighted by Crippen LogP contribution is -2.32. The molecule has 2 rings (SSSR count). The van der Waals surface area contributed by atoms with Gasteiger partial charge in [-0.3, -0.25) is 24.2 Å². The largest absolute Gasteiger partial charge is 0.350 e. The number of nitro groups is 1. The van der Waals surface area contributed by atoms with Crippen molar-refractivity contribution in [2.45, 2.75) is 25.5 Å². The zero-order valence-corrected chi connectivity index (χ0v) is 13.9. The maximum Gasteiger partial charge on any atom is 0.272 e. The van der Waals surface area contributed by atoms with E-state index in [0.29, 0.717) is 16.7 Å². The van der Waals surface area contributed by atoms with Crippen molar-refractivity contribution in [2.75, 3.05) is 12.3 Å². The van der Waals surface area contributed by atoms with Gasteiger partial charge in [-0.15, -0.1) is 0 Å². The van der Waals surface area contributed by atoms with Gasteiger partial charge in [0.25, 0.3) is 11.6 Å². The molecule has 124 valence electrons. The highest BCUT2D eigenvalue weighted by molar-refractivity contribution is 7.86. The molecule has 0 aliphatic heterocycles. The Morgan fingerprint density at radius 3 is 2.74 bits per heavy atom. The monoisotopic (exact) mass is 338 g/mol. The van der Waals surface area contributed by atoms with Gasteiger partial charge in [0.1, 0.15) is 0 Å². The highest BCUT2D eigenvalue weighted by Crippen LogP contribution is 2.22. The summed E-state index contributed by atoms with van der Waals surface area (Å²) in [6.45, 7) is 5.84. The number of hydrogen-bond donors (Lipinski definition) is 2. The first-order valence-corrected chi connectivity index (χ1v) is 8.31. The van der Waals surface area contributed by atoms with Crippen LogP contribution in [0.25, 0.3) is 10.9 Å². The number of carbonyl (C=O) groups excluding carboxylic acids is 1. The lowest BCUT2D eigenvalue weighted by atomic mass is 10.2. The maximum atomic E-state index is 12.2. The molecule has 1 amide bonds. The summed E-state index contributed by atoms with van der Waals surface area (Å²) in [4.78, 5) is 22.5. The van der Waals surface area contributed by atoms with Crippen molar-refractivity contribution >= 4 is 33.3 Å². The lowest BCUT2D eigenvalue weighted by Gasteiger charge is -2.17. The minimum atomic E-state index is -1.07. The van der Waals surface area contributed by atoms with Crippen molar-refractivity contribution in [3.8, 4) is 0 Å². The molecule has 0 bridgehead atoms. The molecule has 1 atom stereocenters. The number of aromatic amines is 1. The van der Waals surface area contributed by atoms with Crippen LogP contribution in [-0.4, -0.2) is 42.3 Å². The topological polar surface area (TPSA) is 118 Å². The van der Waals surface area contributed by atoms with E-state index in [0.717, 1.165) is 0 Å². The minimum Gasteiger partial charge on any atom is -0.350 e. The zero-order valence-electron chi connectivity index (χ0n) is 13.1. The van der Waals surface area contributed by atoms with Crippen molar-refractivity contribution < 1.29 is 13.9 Å². The Hall–Kier alpha value is -2.29. The van der Waals surface area contributed by atoms with Crippen molar-refractivity contribution in [3.63, 3.8) is 0 Å². The quantitative estimate of drug-likeness (QED) is 0.636. The number of nitrogens with zero attached hydrogens (tertiary/aromatic N) is 2. The Morgan fingerprint density at radius 2 is 2.13 bits per heavy atom. The molecule has 0 radical (unpaired) electrons. The Balaban J connectivity index is 2.11. The molecule has 0 saturated carbocycles. The molecule has 0 saturated heterocycles. The molecular weight excluding hydrogens is 320 g/mol. The predicted octanol–water partition coefficient (Wildman–Crippen LogP) is 1.75. The Kier molecular flexibility index (Phi) is 4.79. The van der Waals surface area contributed by atoms with Crippen molar-refractivity contribution in [1.29, 1.82) is 0 Å². The fourth-order valence-electron chi connectivity index (χ4n) is 1.94. The summed E-state index contributed by atoms with van der Waals surface area (Å²) in [6.07, 6.45) is 0. The van der Waals surface area contributed by atoms with Crippen LogP contribution >= 0.6 is 0 Å². The molecule has 23 heavy (non-hydrogen) atoms. The second-order valence-electron chi connectivity index (χ2n) is 5.98. The van der Waals surface area contributed by atoms with Gasteiger partial charge >= 0.3 is 0 Å². The predicted molar refractivity (Wildman–Crippen MR) is 87.8 cm³/mol. The third kappa shape index (κ3) is 3.92. The van der Waals surface area contributed by atoms with E-state index < -0.39 is 21.6 Å².